The van der Waals surface area contributed by atoms with Crippen LogP contribution in [0.1, 0.15) is 35.1 Å². The van der Waals surface area contributed by atoms with Crippen LogP contribution in [-0.4, -0.2) is 9.85 Å². The summed E-state index contributed by atoms with van der Waals surface area (Å²) < 4.78 is 118. The van der Waals surface area contributed by atoms with E-state index < -0.39 is 102 Å². The molecule has 0 bridgehead atoms. The van der Waals surface area contributed by atoms with Crippen LogP contribution in [0.2, 0.25) is 0 Å². The number of alkyl halides is 6. The third kappa shape index (κ3) is 5.58. The van der Waals surface area contributed by atoms with Gasteiger partial charge in [0.2, 0.25) is 0 Å². The topological polar surface area (TPSA) is 95.5 Å². The van der Waals surface area contributed by atoms with E-state index in [4.69, 9.17) is 27.9 Å². The first-order valence-electron chi connectivity index (χ1n) is 11.7. The maximum absolute atomic E-state index is 15.4. The highest BCUT2D eigenvalue weighted by molar-refractivity contribution is 6.31. The molecule has 2 unspecified atom stereocenters. The molecule has 0 aliphatic heterocycles. The van der Waals surface area contributed by atoms with Crippen molar-refractivity contribution in [1.29, 1.82) is 0 Å². The van der Waals surface area contributed by atoms with Gasteiger partial charge in [-0.1, -0.05) is 59.6 Å². The number of nitrogens with zero attached hydrogens (tertiary/aromatic N) is 2. The van der Waals surface area contributed by atoms with Gasteiger partial charge in [-0.25, -0.2) is 8.78 Å². The fraction of sp³-hybridized carbons (Fsp3) is 0.231. The molecule has 0 saturated carbocycles. The monoisotopic (exact) mass is 656 g/mol. The fourth-order valence-electron chi connectivity index (χ4n) is 4.85. The molecule has 0 aromatic heterocycles. The van der Waals surface area contributed by atoms with Gasteiger partial charge in [0.05, 0.1) is 34.0 Å². The highest BCUT2D eigenvalue weighted by Crippen LogP contribution is 2.50. The fourth-order valence-corrected chi connectivity index (χ4v) is 5.51. The standard InChI is InChI=1S/C26H14Cl2F8N2O5/c27-17-9-23(37(39)40,13-5-1-3-7-15(13)25(31,32)33)11-19(29)21(17)43-22-18(28)10-24(38(41)42,12-20(22)30)14-6-2-4-8-16(14)26(34,35)36/h1-8,11-12H,9-10H2. The van der Waals surface area contributed by atoms with Crippen molar-refractivity contribution in [3.63, 3.8) is 0 Å². The van der Waals surface area contributed by atoms with Crippen LogP contribution in [0, 0.1) is 20.2 Å². The molecule has 2 atom stereocenters. The van der Waals surface area contributed by atoms with Crippen molar-refractivity contribution in [3.8, 4) is 0 Å². The second-order valence-corrected chi connectivity index (χ2v) is 10.3. The first-order chi connectivity index (χ1) is 19.8. The first kappa shape index (κ1) is 31.9. The number of ether oxygens (including phenoxy) is 1. The van der Waals surface area contributed by atoms with Crippen molar-refractivity contribution in [3.05, 3.63) is 136 Å². The molecule has 0 amide bonds. The van der Waals surface area contributed by atoms with E-state index in [-0.39, 0.29) is 12.2 Å². The summed E-state index contributed by atoms with van der Waals surface area (Å²) in [6.45, 7) is 0. The van der Waals surface area contributed by atoms with Gasteiger partial charge in [0, 0.05) is 33.1 Å². The van der Waals surface area contributed by atoms with Gasteiger partial charge in [0.1, 0.15) is 0 Å². The Bertz CT molecular complexity index is 1530. The summed E-state index contributed by atoms with van der Waals surface area (Å²) in [5.74, 6) is -5.62. The second kappa shape index (κ2) is 10.9. The Hall–Kier alpha value is -3.98. The SMILES string of the molecule is O=[N+]([O-])C1(c2ccccc2C(F)(F)F)C=C(F)C(OC2=C(Cl)CC(c3ccccc3C(F)(F)F)([N+](=O)[O-])C=C2F)=C(Cl)C1. The molecule has 0 heterocycles. The number of halogens is 10. The van der Waals surface area contributed by atoms with Crippen molar-refractivity contribution in [2.75, 3.05) is 0 Å². The molecule has 228 valence electrons. The molecule has 43 heavy (non-hydrogen) atoms. The predicted molar refractivity (Wildman–Crippen MR) is 135 cm³/mol. The van der Waals surface area contributed by atoms with Crippen LogP contribution in [0.5, 0.6) is 0 Å². The molecule has 2 aliphatic carbocycles. The summed E-state index contributed by atoms with van der Waals surface area (Å²) in [6, 6.07) is 6.61. The summed E-state index contributed by atoms with van der Waals surface area (Å²) in [5, 5.41) is 22.4. The van der Waals surface area contributed by atoms with Crippen LogP contribution in [0.25, 0.3) is 0 Å². The minimum atomic E-state index is -5.08. The molecule has 2 aliphatic rings. The normalized spacial score (nSPS) is 23.1. The Morgan fingerprint density at radius 3 is 1.28 bits per heavy atom. The molecule has 0 saturated heterocycles. The lowest BCUT2D eigenvalue weighted by molar-refractivity contribution is -0.564. The van der Waals surface area contributed by atoms with Crippen LogP contribution < -0.4 is 0 Å². The van der Waals surface area contributed by atoms with Crippen LogP contribution in [-0.2, 0) is 28.2 Å². The number of rotatable bonds is 6. The summed E-state index contributed by atoms with van der Waals surface area (Å²) in [5.41, 5.74) is -10.6. The highest BCUT2D eigenvalue weighted by atomic mass is 35.5. The van der Waals surface area contributed by atoms with Gasteiger partial charge in [0.25, 0.3) is 11.1 Å². The maximum atomic E-state index is 15.4. The number of hydrogen-bond donors (Lipinski definition) is 0. The Balaban J connectivity index is 1.77. The van der Waals surface area contributed by atoms with Crippen LogP contribution in [0.3, 0.4) is 0 Å². The zero-order chi connectivity index (χ0) is 32.1. The molecule has 4 rings (SSSR count). The second-order valence-electron chi connectivity index (χ2n) is 9.36. The molecule has 2 aromatic rings. The molecular weight excluding hydrogens is 643 g/mol. The van der Waals surface area contributed by atoms with Crippen molar-refractivity contribution < 1.29 is 49.7 Å². The van der Waals surface area contributed by atoms with Gasteiger partial charge in [-0.05, 0) is 12.1 Å². The van der Waals surface area contributed by atoms with E-state index in [0.717, 1.165) is 36.4 Å². The zero-order valence-corrected chi connectivity index (χ0v) is 22.4. The molecule has 0 fully saturated rings. The predicted octanol–water partition coefficient (Wildman–Crippen LogP) is 8.80. The minimum absolute atomic E-state index is 0.179. The molecule has 0 N–H and O–H groups in total. The molecule has 17 heteroatoms. The maximum Gasteiger partial charge on any atom is 0.416 e. The number of nitro groups is 2. The van der Waals surface area contributed by atoms with Crippen LogP contribution in [0.15, 0.2) is 93.9 Å². The minimum Gasteiger partial charge on any atom is -0.449 e. The summed E-state index contributed by atoms with van der Waals surface area (Å²) >= 11 is 12.1. The third-order valence-electron chi connectivity index (χ3n) is 6.76. The van der Waals surface area contributed by atoms with E-state index >= 15 is 8.78 Å². The Labute approximate surface area is 245 Å². The largest absolute Gasteiger partial charge is 0.449 e. The number of allylic oxidation sites excluding steroid dienone is 2. The van der Waals surface area contributed by atoms with Crippen molar-refractivity contribution >= 4 is 23.2 Å². The Morgan fingerprint density at radius 1 is 0.674 bits per heavy atom. The van der Waals surface area contributed by atoms with E-state index in [9.17, 15) is 46.6 Å². The lowest BCUT2D eigenvalue weighted by Crippen LogP contribution is -2.38. The Morgan fingerprint density at radius 2 is 1.00 bits per heavy atom. The molecule has 0 radical (unpaired) electrons. The van der Waals surface area contributed by atoms with E-state index in [0.29, 0.717) is 12.1 Å². The zero-order valence-electron chi connectivity index (χ0n) is 20.9. The average Bonchev–Trinajstić information content (AvgIpc) is 2.90. The van der Waals surface area contributed by atoms with Gasteiger partial charge in [0.15, 0.2) is 23.2 Å². The third-order valence-corrected chi connectivity index (χ3v) is 7.37. The van der Waals surface area contributed by atoms with E-state index in [1.54, 1.807) is 0 Å². The van der Waals surface area contributed by atoms with Crippen molar-refractivity contribution in [1.82, 2.24) is 0 Å². The van der Waals surface area contributed by atoms with Gasteiger partial charge >= 0.3 is 12.4 Å². The smallest absolute Gasteiger partial charge is 0.416 e. The molecule has 7 nitrogen and oxygen atoms in total. The molecule has 0 spiro atoms. The lowest BCUT2D eigenvalue weighted by Gasteiger charge is -2.31. The Kier molecular flexibility index (Phi) is 8.13. The van der Waals surface area contributed by atoms with Crippen LogP contribution >= 0.6 is 23.2 Å². The number of benzene rings is 2. The first-order valence-corrected chi connectivity index (χ1v) is 12.5. The van der Waals surface area contributed by atoms with Gasteiger partial charge in [-0.3, -0.25) is 20.2 Å². The van der Waals surface area contributed by atoms with Gasteiger partial charge in [-0.15, -0.1) is 0 Å². The highest BCUT2D eigenvalue weighted by Gasteiger charge is 2.54. The van der Waals surface area contributed by atoms with Crippen LogP contribution in [0.4, 0.5) is 35.1 Å². The van der Waals surface area contributed by atoms with Crippen molar-refractivity contribution in [2.24, 2.45) is 0 Å². The van der Waals surface area contributed by atoms with Gasteiger partial charge in [-0.2, -0.15) is 26.3 Å². The molecule has 2 aromatic carbocycles. The van der Waals surface area contributed by atoms with Crippen molar-refractivity contribution in [2.45, 2.75) is 36.3 Å². The molecular formula is C26H14Cl2F8N2O5. The number of hydrogen-bond acceptors (Lipinski definition) is 5. The van der Waals surface area contributed by atoms with E-state index in [1.807, 2.05) is 0 Å². The summed E-state index contributed by atoms with van der Waals surface area (Å²) in [6.07, 6.45) is -12.0. The van der Waals surface area contributed by atoms with E-state index in [2.05, 4.69) is 0 Å². The summed E-state index contributed by atoms with van der Waals surface area (Å²) in [7, 11) is 0. The lowest BCUT2D eigenvalue weighted by atomic mass is 9.80. The van der Waals surface area contributed by atoms with E-state index in [1.165, 1.54) is 0 Å². The average molecular weight is 657 g/mol. The van der Waals surface area contributed by atoms with Gasteiger partial charge < -0.3 is 4.74 Å². The summed E-state index contributed by atoms with van der Waals surface area (Å²) in [4.78, 5) is 21.8. The quantitative estimate of drug-likeness (QED) is 0.176.